The summed E-state index contributed by atoms with van der Waals surface area (Å²) >= 11 is 0. The van der Waals surface area contributed by atoms with Crippen molar-refractivity contribution in [2.45, 2.75) is 23.6 Å². The molecule has 1 aromatic carbocycles. The third-order valence-corrected chi connectivity index (χ3v) is 5.87. The number of amides is 4. The number of anilines is 1. The number of nitrogens with zero attached hydrogens (tertiary/aromatic N) is 1. The van der Waals surface area contributed by atoms with Crippen molar-refractivity contribution in [3.8, 4) is 0 Å². The van der Waals surface area contributed by atoms with Crippen molar-refractivity contribution in [1.82, 2.24) is 15.5 Å². The molecule has 0 bridgehead atoms. The van der Waals surface area contributed by atoms with Gasteiger partial charge in [-0.15, -0.1) is 0 Å². The summed E-state index contributed by atoms with van der Waals surface area (Å²) in [6.45, 7) is 2.66. The number of hydrogen-bond acceptors (Lipinski definition) is 5. The maximum absolute atomic E-state index is 12.7. The molecule has 3 N–H and O–H groups in total. The van der Waals surface area contributed by atoms with Crippen LogP contribution < -0.4 is 16.0 Å². The number of carbonyl (C=O) groups is 2. The zero-order valence-electron chi connectivity index (χ0n) is 12.6. The van der Waals surface area contributed by atoms with Crippen LogP contribution in [-0.4, -0.2) is 50.4 Å². The van der Waals surface area contributed by atoms with Gasteiger partial charge in [0.25, 0.3) is 0 Å². The first-order chi connectivity index (χ1) is 10.9. The van der Waals surface area contributed by atoms with Crippen molar-refractivity contribution in [1.29, 1.82) is 0 Å². The van der Waals surface area contributed by atoms with Crippen LogP contribution >= 0.6 is 0 Å². The Morgan fingerprint density at radius 1 is 1.43 bits per heavy atom. The second-order valence-corrected chi connectivity index (χ2v) is 7.56. The fourth-order valence-corrected chi connectivity index (χ4v) is 4.22. The van der Waals surface area contributed by atoms with Crippen LogP contribution in [0.25, 0.3) is 0 Å². The normalized spacial score (nSPS) is 20.0. The van der Waals surface area contributed by atoms with Crippen molar-refractivity contribution in [3.63, 3.8) is 0 Å². The summed E-state index contributed by atoms with van der Waals surface area (Å²) in [5.74, 6) is 0. The van der Waals surface area contributed by atoms with Crippen molar-refractivity contribution in [2.75, 3.05) is 25.0 Å². The van der Waals surface area contributed by atoms with Crippen LogP contribution in [0.2, 0.25) is 0 Å². The minimum Gasteiger partial charge on any atom is -0.384 e. The molecule has 4 amide bonds. The van der Waals surface area contributed by atoms with Gasteiger partial charge in [0.2, 0.25) is 9.84 Å². The van der Waals surface area contributed by atoms with E-state index in [9.17, 15) is 18.0 Å². The van der Waals surface area contributed by atoms with Crippen molar-refractivity contribution in [2.24, 2.45) is 0 Å². The Hall–Kier alpha value is -2.29. The fourth-order valence-electron chi connectivity index (χ4n) is 2.73. The molecule has 9 heteroatoms. The Balaban J connectivity index is 1.83. The summed E-state index contributed by atoms with van der Waals surface area (Å²) in [5.41, 5.74) is 1.87. The number of carbonyl (C=O) groups excluding carboxylic acids is 2. The molecule has 3 rings (SSSR count). The van der Waals surface area contributed by atoms with Gasteiger partial charge in [-0.1, -0.05) is 0 Å². The Labute approximate surface area is 134 Å². The summed E-state index contributed by atoms with van der Waals surface area (Å²) in [4.78, 5) is 24.6. The molecule has 0 spiro atoms. The van der Waals surface area contributed by atoms with Gasteiger partial charge in [-0.3, -0.25) is 0 Å². The number of rotatable bonds is 3. The number of sulfone groups is 1. The highest BCUT2D eigenvalue weighted by Gasteiger charge is 2.41. The molecule has 0 aromatic heterocycles. The largest absolute Gasteiger partial charge is 0.384 e. The SMILES string of the molecule is CCNC(=O)N1CC(S(=O)(=O)c2ccc3c(c2)CCN3)NC1=O. The van der Waals surface area contributed by atoms with E-state index < -0.39 is 27.3 Å². The Morgan fingerprint density at radius 3 is 2.96 bits per heavy atom. The first-order valence-corrected chi connectivity index (χ1v) is 8.94. The van der Waals surface area contributed by atoms with E-state index in [1.54, 1.807) is 19.1 Å². The topological polar surface area (TPSA) is 108 Å². The van der Waals surface area contributed by atoms with E-state index in [1.807, 2.05) is 0 Å². The highest BCUT2D eigenvalue weighted by Crippen LogP contribution is 2.27. The van der Waals surface area contributed by atoms with Gasteiger partial charge >= 0.3 is 12.1 Å². The van der Waals surface area contributed by atoms with Crippen LogP contribution in [0.4, 0.5) is 15.3 Å². The second-order valence-electron chi connectivity index (χ2n) is 5.42. The molecular weight excluding hydrogens is 320 g/mol. The van der Waals surface area contributed by atoms with Gasteiger partial charge in [-0.25, -0.2) is 22.9 Å². The van der Waals surface area contributed by atoms with E-state index in [0.717, 1.165) is 29.1 Å². The molecule has 8 nitrogen and oxygen atoms in total. The molecule has 0 aliphatic carbocycles. The van der Waals surface area contributed by atoms with Gasteiger partial charge in [-0.2, -0.15) is 0 Å². The van der Waals surface area contributed by atoms with Gasteiger partial charge in [0.15, 0.2) is 5.37 Å². The maximum atomic E-state index is 12.7. The summed E-state index contributed by atoms with van der Waals surface area (Å²) in [6.07, 6.45) is 0.765. The average Bonchev–Trinajstić information content (AvgIpc) is 3.13. The lowest BCUT2D eigenvalue weighted by Gasteiger charge is -2.14. The minimum absolute atomic E-state index is 0.156. The molecule has 1 saturated heterocycles. The van der Waals surface area contributed by atoms with Gasteiger partial charge in [-0.05, 0) is 37.1 Å². The zero-order chi connectivity index (χ0) is 16.6. The van der Waals surface area contributed by atoms with E-state index in [-0.39, 0.29) is 11.4 Å². The van der Waals surface area contributed by atoms with Crippen LogP contribution in [0, 0.1) is 0 Å². The van der Waals surface area contributed by atoms with Gasteiger partial charge in [0, 0.05) is 18.8 Å². The molecule has 1 fully saturated rings. The molecule has 1 unspecified atom stereocenters. The molecule has 1 aromatic rings. The Morgan fingerprint density at radius 2 is 2.22 bits per heavy atom. The highest BCUT2D eigenvalue weighted by molar-refractivity contribution is 7.92. The number of nitrogens with one attached hydrogen (secondary N) is 3. The Bertz CT molecular complexity index is 762. The zero-order valence-corrected chi connectivity index (χ0v) is 13.4. The number of benzene rings is 1. The third-order valence-electron chi connectivity index (χ3n) is 3.94. The number of imide groups is 1. The third kappa shape index (κ3) is 2.72. The van der Waals surface area contributed by atoms with Crippen molar-refractivity contribution in [3.05, 3.63) is 23.8 Å². The fraction of sp³-hybridized carbons (Fsp3) is 0.429. The second kappa shape index (κ2) is 5.73. The van der Waals surface area contributed by atoms with Crippen molar-refractivity contribution >= 4 is 27.6 Å². The average molecular weight is 338 g/mol. The van der Waals surface area contributed by atoms with E-state index in [1.165, 1.54) is 6.07 Å². The molecule has 2 aliphatic heterocycles. The quantitative estimate of drug-likeness (QED) is 0.744. The molecule has 0 saturated carbocycles. The minimum atomic E-state index is -3.76. The van der Waals surface area contributed by atoms with E-state index in [2.05, 4.69) is 16.0 Å². The number of hydrogen-bond donors (Lipinski definition) is 3. The number of fused-ring (bicyclic) bond motifs is 1. The lowest BCUT2D eigenvalue weighted by atomic mass is 10.2. The predicted molar refractivity (Wildman–Crippen MR) is 83.9 cm³/mol. The maximum Gasteiger partial charge on any atom is 0.326 e. The summed E-state index contributed by atoms with van der Waals surface area (Å²) in [5, 5.41) is 6.89. The molecule has 2 aliphatic rings. The molecule has 124 valence electrons. The van der Waals surface area contributed by atoms with E-state index in [4.69, 9.17) is 0 Å². The summed E-state index contributed by atoms with van der Waals surface area (Å²) in [7, 11) is -3.76. The highest BCUT2D eigenvalue weighted by atomic mass is 32.2. The van der Waals surface area contributed by atoms with Crippen LogP contribution in [0.15, 0.2) is 23.1 Å². The summed E-state index contributed by atoms with van der Waals surface area (Å²) < 4.78 is 25.4. The van der Waals surface area contributed by atoms with Gasteiger partial charge < -0.3 is 16.0 Å². The van der Waals surface area contributed by atoms with E-state index >= 15 is 0 Å². The first-order valence-electron chi connectivity index (χ1n) is 7.40. The molecule has 0 radical (unpaired) electrons. The van der Waals surface area contributed by atoms with Crippen LogP contribution in [0.5, 0.6) is 0 Å². The van der Waals surface area contributed by atoms with Crippen LogP contribution in [0.1, 0.15) is 12.5 Å². The lowest BCUT2D eigenvalue weighted by Crippen LogP contribution is -2.41. The first kappa shape index (κ1) is 15.6. The smallest absolute Gasteiger partial charge is 0.326 e. The van der Waals surface area contributed by atoms with Crippen molar-refractivity contribution < 1.29 is 18.0 Å². The lowest BCUT2D eigenvalue weighted by molar-refractivity contribution is 0.199. The standard InChI is InChI=1S/C14H18N4O4S/c1-2-15-13(19)18-8-12(17-14(18)20)23(21,22)10-3-4-11-9(7-10)5-6-16-11/h3-4,7,12,16H,2,5-6,8H2,1H3,(H,15,19)(H,17,20). The van der Waals surface area contributed by atoms with Gasteiger partial charge in [0.1, 0.15) is 0 Å². The number of urea groups is 2. The Kier molecular flexibility index (Phi) is 3.88. The van der Waals surface area contributed by atoms with E-state index in [0.29, 0.717) is 6.54 Å². The summed E-state index contributed by atoms with van der Waals surface area (Å²) in [6, 6.07) is 3.58. The van der Waals surface area contributed by atoms with Crippen LogP contribution in [0.3, 0.4) is 0 Å². The molecular formula is C14H18N4O4S. The molecule has 2 heterocycles. The predicted octanol–water partition coefficient (Wildman–Crippen LogP) is 0.509. The molecule has 23 heavy (non-hydrogen) atoms. The molecule has 1 atom stereocenters. The van der Waals surface area contributed by atoms with Crippen LogP contribution in [-0.2, 0) is 16.3 Å². The monoisotopic (exact) mass is 338 g/mol. The van der Waals surface area contributed by atoms with Gasteiger partial charge in [0.05, 0.1) is 11.4 Å².